The molecule has 7 heteroatoms. The van der Waals surface area contributed by atoms with Crippen LogP contribution in [0.25, 0.3) is 0 Å². The van der Waals surface area contributed by atoms with Crippen molar-refractivity contribution in [2.45, 2.75) is 19.9 Å². The van der Waals surface area contributed by atoms with Crippen molar-refractivity contribution in [3.05, 3.63) is 23.8 Å². The predicted octanol–water partition coefficient (Wildman–Crippen LogP) is 1.16. The van der Waals surface area contributed by atoms with Crippen LogP contribution in [0.4, 0.5) is 0 Å². The Morgan fingerprint density at radius 3 is 2.67 bits per heavy atom. The average molecular weight is 316 g/mol. The summed E-state index contributed by atoms with van der Waals surface area (Å²) >= 11 is 0. The van der Waals surface area contributed by atoms with E-state index in [-0.39, 0.29) is 5.75 Å². The van der Waals surface area contributed by atoms with E-state index in [0.29, 0.717) is 25.4 Å². The van der Waals surface area contributed by atoms with Crippen molar-refractivity contribution in [3.63, 3.8) is 0 Å². The summed E-state index contributed by atoms with van der Waals surface area (Å²) in [5.74, 6) is 0.566. The topological polar surface area (TPSA) is 78.9 Å². The summed E-state index contributed by atoms with van der Waals surface area (Å²) in [6.07, 6.45) is 1.97. The Morgan fingerprint density at radius 1 is 1.38 bits per heavy atom. The number of nitrogens with zero attached hydrogens (tertiary/aromatic N) is 1. The van der Waals surface area contributed by atoms with Gasteiger partial charge in [-0.25, -0.2) is 12.7 Å². The van der Waals surface area contributed by atoms with Crippen LogP contribution in [0.1, 0.15) is 18.9 Å². The second-order valence-electron chi connectivity index (χ2n) is 4.79. The van der Waals surface area contributed by atoms with E-state index < -0.39 is 10.0 Å². The third-order valence-corrected chi connectivity index (χ3v) is 4.53. The lowest BCUT2D eigenvalue weighted by Gasteiger charge is -2.17. The SMILES string of the molecule is CCN(CCCNCc1ccc(O)c(OC)c1)S(C)(=O)=O. The van der Waals surface area contributed by atoms with Gasteiger partial charge in [-0.2, -0.15) is 0 Å². The molecule has 2 N–H and O–H groups in total. The van der Waals surface area contributed by atoms with Gasteiger partial charge in [-0.05, 0) is 30.7 Å². The van der Waals surface area contributed by atoms with Crippen LogP contribution < -0.4 is 10.1 Å². The maximum Gasteiger partial charge on any atom is 0.211 e. The van der Waals surface area contributed by atoms with E-state index >= 15 is 0 Å². The Morgan fingerprint density at radius 2 is 2.10 bits per heavy atom. The molecule has 0 spiro atoms. The number of rotatable bonds is 9. The molecule has 0 aliphatic heterocycles. The van der Waals surface area contributed by atoms with Gasteiger partial charge >= 0.3 is 0 Å². The predicted molar refractivity (Wildman–Crippen MR) is 83.1 cm³/mol. The standard InChI is InChI=1S/C14H24N2O4S/c1-4-16(21(3,18)19)9-5-8-15-11-12-6-7-13(17)14(10-12)20-2/h6-7,10,15,17H,4-5,8-9,11H2,1-3H3. The number of phenols is 1. The second kappa shape index (κ2) is 8.21. The van der Waals surface area contributed by atoms with Gasteiger partial charge in [0.1, 0.15) is 0 Å². The molecular weight excluding hydrogens is 292 g/mol. The molecule has 0 saturated heterocycles. The molecule has 1 rings (SSSR count). The molecule has 0 unspecified atom stereocenters. The fraction of sp³-hybridized carbons (Fsp3) is 0.571. The highest BCUT2D eigenvalue weighted by Gasteiger charge is 2.12. The lowest BCUT2D eigenvalue weighted by atomic mass is 10.2. The summed E-state index contributed by atoms with van der Waals surface area (Å²) < 4.78 is 29.3. The Labute approximate surface area is 126 Å². The molecule has 6 nitrogen and oxygen atoms in total. The number of phenolic OH excluding ortho intramolecular Hbond substituents is 1. The third kappa shape index (κ3) is 5.91. The van der Waals surface area contributed by atoms with Crippen molar-refractivity contribution in [1.29, 1.82) is 0 Å². The zero-order valence-corrected chi connectivity index (χ0v) is 13.6. The molecule has 0 bridgehead atoms. The first-order valence-electron chi connectivity index (χ1n) is 6.90. The molecule has 0 aliphatic rings. The lowest BCUT2D eigenvalue weighted by Crippen LogP contribution is -2.32. The van der Waals surface area contributed by atoms with Crippen LogP contribution in [-0.2, 0) is 16.6 Å². The Hall–Kier alpha value is -1.31. The minimum atomic E-state index is -3.11. The number of nitrogens with one attached hydrogen (secondary N) is 1. The monoisotopic (exact) mass is 316 g/mol. The molecule has 0 saturated carbocycles. The summed E-state index contributed by atoms with van der Waals surface area (Å²) in [7, 11) is -1.60. The number of sulfonamides is 1. The van der Waals surface area contributed by atoms with Crippen LogP contribution >= 0.6 is 0 Å². The normalized spacial score (nSPS) is 11.8. The Kier molecular flexibility index (Phi) is 6.94. The quantitative estimate of drug-likeness (QED) is 0.669. The van der Waals surface area contributed by atoms with Crippen LogP contribution in [0.2, 0.25) is 0 Å². The van der Waals surface area contributed by atoms with Gasteiger partial charge in [0.25, 0.3) is 0 Å². The molecule has 21 heavy (non-hydrogen) atoms. The van der Waals surface area contributed by atoms with Gasteiger partial charge < -0.3 is 15.2 Å². The summed E-state index contributed by atoms with van der Waals surface area (Å²) in [5.41, 5.74) is 1.00. The molecular formula is C14H24N2O4S. The van der Waals surface area contributed by atoms with Crippen molar-refractivity contribution in [1.82, 2.24) is 9.62 Å². The van der Waals surface area contributed by atoms with E-state index in [9.17, 15) is 13.5 Å². The second-order valence-corrected chi connectivity index (χ2v) is 6.77. The Balaban J connectivity index is 2.35. The average Bonchev–Trinajstić information content (AvgIpc) is 2.43. The molecule has 1 aromatic carbocycles. The van der Waals surface area contributed by atoms with Crippen LogP contribution in [-0.4, -0.2) is 50.8 Å². The number of methoxy groups -OCH3 is 1. The lowest BCUT2D eigenvalue weighted by molar-refractivity contribution is 0.372. The summed E-state index contributed by atoms with van der Waals surface area (Å²) in [4.78, 5) is 0. The van der Waals surface area contributed by atoms with Crippen molar-refractivity contribution in [3.8, 4) is 11.5 Å². The van der Waals surface area contributed by atoms with E-state index in [1.165, 1.54) is 17.7 Å². The molecule has 0 radical (unpaired) electrons. The zero-order chi connectivity index (χ0) is 15.9. The largest absolute Gasteiger partial charge is 0.504 e. The molecule has 1 aromatic rings. The van der Waals surface area contributed by atoms with Gasteiger partial charge in [-0.3, -0.25) is 0 Å². The fourth-order valence-electron chi connectivity index (χ4n) is 2.00. The van der Waals surface area contributed by atoms with Gasteiger partial charge in [-0.1, -0.05) is 13.0 Å². The van der Waals surface area contributed by atoms with Gasteiger partial charge in [-0.15, -0.1) is 0 Å². The fourth-order valence-corrected chi connectivity index (χ4v) is 2.93. The molecule has 0 aliphatic carbocycles. The van der Waals surface area contributed by atoms with Crippen LogP contribution in [0.5, 0.6) is 11.5 Å². The van der Waals surface area contributed by atoms with Gasteiger partial charge in [0.2, 0.25) is 10.0 Å². The van der Waals surface area contributed by atoms with E-state index in [1.807, 2.05) is 13.0 Å². The molecule has 0 fully saturated rings. The van der Waals surface area contributed by atoms with E-state index in [2.05, 4.69) is 5.32 Å². The number of aromatic hydroxyl groups is 1. The van der Waals surface area contributed by atoms with Crippen LogP contribution in [0.3, 0.4) is 0 Å². The Bertz CT molecular complexity index is 546. The number of benzene rings is 1. The minimum absolute atomic E-state index is 0.119. The van der Waals surface area contributed by atoms with Crippen LogP contribution in [0.15, 0.2) is 18.2 Å². The van der Waals surface area contributed by atoms with E-state index in [4.69, 9.17) is 4.74 Å². The molecule has 0 atom stereocenters. The first kappa shape index (κ1) is 17.7. The van der Waals surface area contributed by atoms with Gasteiger partial charge in [0, 0.05) is 19.6 Å². The smallest absolute Gasteiger partial charge is 0.211 e. The number of hydrogen-bond acceptors (Lipinski definition) is 5. The number of hydrogen-bond donors (Lipinski definition) is 2. The van der Waals surface area contributed by atoms with Crippen molar-refractivity contribution >= 4 is 10.0 Å². The van der Waals surface area contributed by atoms with E-state index in [0.717, 1.165) is 18.5 Å². The number of ether oxygens (including phenoxy) is 1. The first-order valence-corrected chi connectivity index (χ1v) is 8.75. The highest BCUT2D eigenvalue weighted by molar-refractivity contribution is 7.88. The van der Waals surface area contributed by atoms with E-state index in [1.54, 1.807) is 12.1 Å². The van der Waals surface area contributed by atoms with Gasteiger partial charge in [0.05, 0.1) is 13.4 Å². The van der Waals surface area contributed by atoms with Crippen molar-refractivity contribution in [2.24, 2.45) is 0 Å². The first-order chi connectivity index (χ1) is 9.88. The highest BCUT2D eigenvalue weighted by atomic mass is 32.2. The molecule has 0 amide bonds. The van der Waals surface area contributed by atoms with Crippen molar-refractivity contribution < 1.29 is 18.3 Å². The molecule has 0 aromatic heterocycles. The zero-order valence-electron chi connectivity index (χ0n) is 12.8. The minimum Gasteiger partial charge on any atom is -0.504 e. The van der Waals surface area contributed by atoms with Crippen LogP contribution in [0, 0.1) is 0 Å². The molecule has 120 valence electrons. The summed E-state index contributed by atoms with van der Waals surface area (Å²) in [6, 6.07) is 5.19. The highest BCUT2D eigenvalue weighted by Crippen LogP contribution is 2.26. The summed E-state index contributed by atoms with van der Waals surface area (Å²) in [6.45, 7) is 4.20. The maximum atomic E-state index is 11.4. The third-order valence-electron chi connectivity index (χ3n) is 3.16. The van der Waals surface area contributed by atoms with Crippen molar-refractivity contribution in [2.75, 3.05) is 33.0 Å². The van der Waals surface area contributed by atoms with Gasteiger partial charge in [0.15, 0.2) is 11.5 Å². The summed E-state index contributed by atoms with van der Waals surface area (Å²) in [5, 5.41) is 12.7. The molecule has 0 heterocycles. The maximum absolute atomic E-state index is 11.4.